The van der Waals surface area contributed by atoms with Gasteiger partial charge in [0.25, 0.3) is 5.91 Å². The Labute approximate surface area is 269 Å². The predicted octanol–water partition coefficient (Wildman–Crippen LogP) is 7.10. The number of hydrogen-bond acceptors (Lipinski definition) is 1. The number of benzene rings is 1. The molecule has 1 aromatic carbocycles. The molecule has 0 spiro atoms. The van der Waals surface area contributed by atoms with Crippen molar-refractivity contribution in [2.24, 2.45) is 17.8 Å². The summed E-state index contributed by atoms with van der Waals surface area (Å²) in [4.78, 5) is 14.1. The Morgan fingerprint density at radius 2 is 1.00 bits per heavy atom. The molecule has 0 aromatic heterocycles. The normalized spacial score (nSPS) is 14.6. The quantitative estimate of drug-likeness (QED) is 0.292. The molecular formula is C34H64AlLiN2O. The first-order chi connectivity index (χ1) is 16.6. The largest absolute Gasteiger partial charge is 3.00 e. The van der Waals surface area contributed by atoms with Crippen molar-refractivity contribution >= 4 is 23.3 Å². The van der Waals surface area contributed by atoms with E-state index in [1.54, 1.807) is 0 Å². The molecule has 0 bridgehead atoms. The van der Waals surface area contributed by atoms with Crippen molar-refractivity contribution in [2.75, 3.05) is 0 Å². The van der Waals surface area contributed by atoms with Gasteiger partial charge in [-0.25, -0.2) is 0 Å². The molecule has 1 aliphatic rings. The van der Waals surface area contributed by atoms with Gasteiger partial charge in [0.05, 0.1) is 0 Å². The van der Waals surface area contributed by atoms with Crippen LogP contribution in [0.1, 0.15) is 127 Å². The SMILES string of the molecule is CC(C)N(C(=O)c1ccccc1)C(C)C.CC1(C)CCCC(C)(C)[N-]1.[Al+3].[CH2-]C(C)C.[CH2-]C(C)C.[CH2-]C(C)C.[Li+]. The van der Waals surface area contributed by atoms with E-state index < -0.39 is 0 Å². The fourth-order valence-corrected chi connectivity index (χ4v) is 3.68. The van der Waals surface area contributed by atoms with Gasteiger partial charge in [-0.3, -0.25) is 4.79 Å². The zero-order valence-corrected chi connectivity index (χ0v) is 30.1. The average Bonchev–Trinajstić information content (AvgIpc) is 2.65. The summed E-state index contributed by atoms with van der Waals surface area (Å²) in [5.74, 6) is 1.86. The van der Waals surface area contributed by atoms with E-state index in [9.17, 15) is 4.79 Å². The predicted molar refractivity (Wildman–Crippen MR) is 175 cm³/mol. The molecule has 5 heteroatoms. The third-order valence-corrected chi connectivity index (χ3v) is 4.55. The van der Waals surface area contributed by atoms with Crippen LogP contribution in [0.5, 0.6) is 0 Å². The van der Waals surface area contributed by atoms with Crippen molar-refractivity contribution in [3.05, 3.63) is 62.0 Å². The minimum absolute atomic E-state index is 0. The van der Waals surface area contributed by atoms with Crippen LogP contribution in [-0.2, 0) is 0 Å². The molecule has 2 rings (SSSR count). The Hall–Kier alpha value is -0.220. The Balaban J connectivity index is -0.000000139. The fraction of sp³-hybridized carbons (Fsp3) is 0.706. The number of carbonyl (C=O) groups is 1. The molecule has 0 N–H and O–H groups in total. The van der Waals surface area contributed by atoms with E-state index in [0.29, 0.717) is 17.8 Å². The van der Waals surface area contributed by atoms with Crippen molar-refractivity contribution < 1.29 is 23.7 Å². The summed E-state index contributed by atoms with van der Waals surface area (Å²) < 4.78 is 0. The minimum Gasteiger partial charge on any atom is -0.652 e. The molecule has 3 nitrogen and oxygen atoms in total. The summed E-state index contributed by atoms with van der Waals surface area (Å²) in [7, 11) is 0. The van der Waals surface area contributed by atoms with E-state index in [4.69, 9.17) is 5.32 Å². The summed E-state index contributed by atoms with van der Waals surface area (Å²) in [6, 6.07) is 9.90. The van der Waals surface area contributed by atoms with Crippen LogP contribution in [-0.4, -0.2) is 51.3 Å². The second kappa shape index (κ2) is 25.5. The number of piperidine rings is 1. The molecule has 0 saturated carbocycles. The summed E-state index contributed by atoms with van der Waals surface area (Å²) in [6.45, 7) is 40.3. The number of amides is 1. The molecule has 1 heterocycles. The molecule has 39 heavy (non-hydrogen) atoms. The van der Waals surface area contributed by atoms with Crippen LogP contribution in [0.15, 0.2) is 30.3 Å². The van der Waals surface area contributed by atoms with Gasteiger partial charge in [-0.2, -0.15) is 17.8 Å². The summed E-state index contributed by atoms with van der Waals surface area (Å²) in [5.41, 5.74) is 1.24. The van der Waals surface area contributed by atoms with Crippen molar-refractivity contribution in [3.63, 3.8) is 0 Å². The van der Waals surface area contributed by atoms with E-state index in [1.165, 1.54) is 19.3 Å². The zero-order chi connectivity index (χ0) is 30.0. The van der Waals surface area contributed by atoms with Gasteiger partial charge in [0.1, 0.15) is 0 Å². The van der Waals surface area contributed by atoms with E-state index in [2.05, 4.69) is 90.0 Å². The van der Waals surface area contributed by atoms with E-state index in [-0.39, 0.29) is 65.3 Å². The Bertz CT molecular complexity index is 627. The van der Waals surface area contributed by atoms with E-state index in [1.807, 2.05) is 62.9 Å². The third-order valence-electron chi connectivity index (χ3n) is 4.55. The average molecular weight is 551 g/mol. The first kappa shape index (κ1) is 48.5. The first-order valence-electron chi connectivity index (χ1n) is 14.3. The molecule has 220 valence electrons. The fourth-order valence-electron chi connectivity index (χ4n) is 3.68. The number of carbonyl (C=O) groups excluding carboxylic acids is 1. The number of rotatable bonds is 3. The van der Waals surface area contributed by atoms with Crippen LogP contribution >= 0.6 is 0 Å². The maximum atomic E-state index is 12.2. The molecular weight excluding hydrogens is 486 g/mol. The summed E-state index contributed by atoms with van der Waals surface area (Å²) in [5, 5.41) is 4.75. The molecule has 0 atom stereocenters. The molecule has 1 aromatic rings. The van der Waals surface area contributed by atoms with Gasteiger partial charge in [0, 0.05) is 17.6 Å². The number of nitrogens with zero attached hydrogens (tertiary/aromatic N) is 2. The van der Waals surface area contributed by atoms with Gasteiger partial charge in [0.15, 0.2) is 0 Å². The van der Waals surface area contributed by atoms with Gasteiger partial charge in [-0.15, -0.1) is 11.1 Å². The molecule has 0 radical (unpaired) electrons. The van der Waals surface area contributed by atoms with Crippen molar-refractivity contribution in [3.8, 4) is 0 Å². The summed E-state index contributed by atoms with van der Waals surface area (Å²) >= 11 is 0. The Morgan fingerprint density at radius 1 is 0.718 bits per heavy atom. The molecule has 0 unspecified atom stereocenters. The Kier molecular flexibility index (Phi) is 31.7. The van der Waals surface area contributed by atoms with Gasteiger partial charge < -0.3 is 31.0 Å². The van der Waals surface area contributed by atoms with E-state index >= 15 is 0 Å². The molecule has 1 fully saturated rings. The van der Waals surface area contributed by atoms with E-state index in [0.717, 1.165) is 5.56 Å². The monoisotopic (exact) mass is 550 g/mol. The van der Waals surface area contributed by atoms with Gasteiger partial charge in [-0.1, -0.05) is 107 Å². The first-order valence-corrected chi connectivity index (χ1v) is 14.3. The van der Waals surface area contributed by atoms with Crippen molar-refractivity contribution in [1.82, 2.24) is 4.90 Å². The van der Waals surface area contributed by atoms with Crippen LogP contribution in [0.2, 0.25) is 0 Å². The van der Waals surface area contributed by atoms with Crippen molar-refractivity contribution in [2.45, 2.75) is 139 Å². The molecule has 1 saturated heterocycles. The van der Waals surface area contributed by atoms with Gasteiger partial charge in [0.2, 0.25) is 0 Å². The molecule has 0 aliphatic carbocycles. The van der Waals surface area contributed by atoms with Gasteiger partial charge in [-0.05, 0) is 39.8 Å². The Morgan fingerprint density at radius 3 is 1.21 bits per heavy atom. The second-order valence-electron chi connectivity index (χ2n) is 13.0. The number of hydrogen-bond donors (Lipinski definition) is 0. The van der Waals surface area contributed by atoms with Crippen LogP contribution in [0.3, 0.4) is 0 Å². The molecule has 1 amide bonds. The van der Waals surface area contributed by atoms with Crippen LogP contribution in [0.4, 0.5) is 0 Å². The van der Waals surface area contributed by atoms with Crippen LogP contribution in [0, 0.1) is 38.5 Å². The smallest absolute Gasteiger partial charge is 0.652 e. The maximum Gasteiger partial charge on any atom is 3.00 e. The van der Waals surface area contributed by atoms with Crippen molar-refractivity contribution in [1.29, 1.82) is 0 Å². The zero-order valence-electron chi connectivity index (χ0n) is 28.9. The minimum atomic E-state index is 0. The van der Waals surface area contributed by atoms with Crippen LogP contribution < -0.4 is 18.9 Å². The molecule has 1 aliphatic heterocycles. The second-order valence-corrected chi connectivity index (χ2v) is 13.0. The topological polar surface area (TPSA) is 34.4 Å². The standard InChI is InChI=1S/C13H19NO.C9H18N.3C4H9.Al.Li/c1-10(2)14(11(3)4)13(15)12-8-6-5-7-9-12;1-8(2)6-5-7-9(3,4)10-8;3*1-4(2)3;;/h5-11H,1-4H3;5-7H2,1-4H3;3*4H,1H2,2-3H3;;/q;4*-1;+3;+1. The maximum absolute atomic E-state index is 12.2. The van der Waals surface area contributed by atoms with Gasteiger partial charge >= 0.3 is 36.2 Å². The van der Waals surface area contributed by atoms with Crippen LogP contribution in [0.25, 0.3) is 5.32 Å². The third kappa shape index (κ3) is 33.9. The summed E-state index contributed by atoms with van der Waals surface area (Å²) in [6.07, 6.45) is 3.86.